The van der Waals surface area contributed by atoms with Gasteiger partial charge in [0.1, 0.15) is 11.6 Å². The molecule has 0 saturated carbocycles. The van der Waals surface area contributed by atoms with Gasteiger partial charge in [-0.05, 0) is 70.7 Å². The number of aryl methyl sites for hydroxylation is 1. The molecule has 0 fully saturated rings. The summed E-state index contributed by atoms with van der Waals surface area (Å²) in [5.74, 6) is -0.360. The highest BCUT2D eigenvalue weighted by atomic mass is 32.2. The van der Waals surface area contributed by atoms with Crippen molar-refractivity contribution in [1.29, 1.82) is 0 Å². The fraction of sp³-hybridized carbons (Fsp3) is 0.462. The average Bonchev–Trinajstić information content (AvgIpc) is 2.75. The molecule has 1 aromatic heterocycles. The predicted octanol–water partition coefficient (Wildman–Crippen LogP) is 5.59. The third-order valence-electron chi connectivity index (χ3n) is 5.01. The zero-order chi connectivity index (χ0) is 25.3. The molecule has 0 amide bonds. The molecule has 0 radical (unpaired) electrons. The van der Waals surface area contributed by atoms with Crippen molar-refractivity contribution in [2.24, 2.45) is 0 Å². The first-order valence-corrected chi connectivity index (χ1v) is 12.5. The maximum absolute atomic E-state index is 14.2. The van der Waals surface area contributed by atoms with Crippen LogP contribution in [0.15, 0.2) is 43.2 Å². The van der Waals surface area contributed by atoms with Crippen molar-refractivity contribution in [3.8, 4) is 16.9 Å². The zero-order valence-electron chi connectivity index (χ0n) is 20.7. The SMILES string of the molecule is C=CCCCOc1cc(F)cc(C)c1-c1cncc([C@H](CC(=O)OCC)N[S@](=O)C(C)(C)C)c1. The number of carbonyl (C=O) groups excluding carboxylic acids is 1. The molecule has 0 saturated heterocycles. The van der Waals surface area contributed by atoms with Gasteiger partial charge in [0.25, 0.3) is 0 Å². The minimum atomic E-state index is -1.43. The van der Waals surface area contributed by atoms with E-state index in [1.54, 1.807) is 19.3 Å². The molecule has 1 heterocycles. The van der Waals surface area contributed by atoms with Crippen LogP contribution in [0.3, 0.4) is 0 Å². The van der Waals surface area contributed by atoms with Gasteiger partial charge in [0.2, 0.25) is 0 Å². The highest BCUT2D eigenvalue weighted by molar-refractivity contribution is 7.84. The number of esters is 1. The van der Waals surface area contributed by atoms with Crippen LogP contribution >= 0.6 is 0 Å². The first-order valence-electron chi connectivity index (χ1n) is 11.4. The fourth-order valence-electron chi connectivity index (χ4n) is 3.31. The Morgan fingerprint density at radius 1 is 1.29 bits per heavy atom. The number of benzene rings is 1. The maximum Gasteiger partial charge on any atom is 0.307 e. The van der Waals surface area contributed by atoms with Gasteiger partial charge >= 0.3 is 5.97 Å². The van der Waals surface area contributed by atoms with E-state index in [4.69, 9.17) is 9.47 Å². The van der Waals surface area contributed by atoms with E-state index < -0.39 is 27.7 Å². The Hall–Kier alpha value is -2.58. The Kier molecular flexibility index (Phi) is 10.4. The molecule has 34 heavy (non-hydrogen) atoms. The van der Waals surface area contributed by atoms with Crippen LogP contribution < -0.4 is 9.46 Å². The lowest BCUT2D eigenvalue weighted by Gasteiger charge is -2.24. The van der Waals surface area contributed by atoms with Gasteiger partial charge < -0.3 is 9.47 Å². The number of ether oxygens (including phenoxy) is 2. The number of nitrogens with one attached hydrogen (secondary N) is 1. The minimum absolute atomic E-state index is 0.00585. The fourth-order valence-corrected chi connectivity index (χ4v) is 4.14. The Morgan fingerprint density at radius 3 is 2.68 bits per heavy atom. The topological polar surface area (TPSA) is 77.5 Å². The van der Waals surface area contributed by atoms with Gasteiger partial charge in [-0.25, -0.2) is 13.3 Å². The first kappa shape index (κ1) is 27.7. The number of halogens is 1. The van der Waals surface area contributed by atoms with Gasteiger partial charge in [0.05, 0.1) is 41.4 Å². The van der Waals surface area contributed by atoms with E-state index in [0.717, 1.165) is 18.4 Å². The number of unbranched alkanes of at least 4 members (excludes halogenated alkanes) is 1. The van der Waals surface area contributed by atoms with E-state index in [-0.39, 0.29) is 18.8 Å². The van der Waals surface area contributed by atoms with Crippen molar-refractivity contribution in [2.45, 2.75) is 64.7 Å². The Balaban J connectivity index is 2.46. The standard InChI is InChI=1S/C26H35FN2O4S/c1-7-9-10-11-33-23-14-21(27)12-18(3)25(23)20-13-19(16-28-17-20)22(15-24(30)32-8-2)29-34(31)26(4,5)6/h7,12-14,16-17,22,29H,1,8-11,15H2,2-6H3/t22-,34+/m0/s1. The molecule has 2 aromatic rings. The summed E-state index contributed by atoms with van der Waals surface area (Å²) in [6.45, 7) is 13.5. The van der Waals surface area contributed by atoms with Gasteiger partial charge in [-0.15, -0.1) is 6.58 Å². The van der Waals surface area contributed by atoms with Crippen LogP contribution in [0, 0.1) is 12.7 Å². The molecule has 0 aliphatic carbocycles. The number of hydrogen-bond acceptors (Lipinski definition) is 5. The lowest BCUT2D eigenvalue weighted by Crippen LogP contribution is -2.36. The Labute approximate surface area is 204 Å². The second-order valence-electron chi connectivity index (χ2n) is 8.94. The number of carbonyl (C=O) groups is 1. The summed E-state index contributed by atoms with van der Waals surface area (Å²) in [5, 5.41) is 0. The predicted molar refractivity (Wildman–Crippen MR) is 134 cm³/mol. The third kappa shape index (κ3) is 8.02. The summed E-state index contributed by atoms with van der Waals surface area (Å²) in [6, 6.07) is 4.10. The van der Waals surface area contributed by atoms with E-state index in [1.165, 1.54) is 12.1 Å². The van der Waals surface area contributed by atoms with Crippen molar-refractivity contribution < 1.29 is 22.9 Å². The van der Waals surface area contributed by atoms with E-state index in [0.29, 0.717) is 29.0 Å². The van der Waals surface area contributed by atoms with Gasteiger partial charge in [-0.1, -0.05) is 6.08 Å². The van der Waals surface area contributed by atoms with Crippen molar-refractivity contribution in [1.82, 2.24) is 9.71 Å². The largest absolute Gasteiger partial charge is 0.493 e. The molecule has 186 valence electrons. The molecule has 0 unspecified atom stereocenters. The number of aromatic nitrogens is 1. The molecule has 0 aliphatic heterocycles. The second-order valence-corrected chi connectivity index (χ2v) is 10.9. The summed E-state index contributed by atoms with van der Waals surface area (Å²) in [7, 11) is -1.43. The van der Waals surface area contributed by atoms with Crippen LogP contribution in [-0.2, 0) is 20.5 Å². The normalized spacial score (nSPS) is 13.2. The van der Waals surface area contributed by atoms with Crippen molar-refractivity contribution in [3.63, 3.8) is 0 Å². The highest BCUT2D eigenvalue weighted by Gasteiger charge is 2.26. The van der Waals surface area contributed by atoms with Crippen LogP contribution in [-0.4, -0.2) is 33.1 Å². The Morgan fingerprint density at radius 2 is 2.03 bits per heavy atom. The number of pyridine rings is 1. The summed E-state index contributed by atoms with van der Waals surface area (Å²) < 4.78 is 40.6. The quantitative estimate of drug-likeness (QED) is 0.238. The van der Waals surface area contributed by atoms with Crippen LogP contribution in [0.4, 0.5) is 4.39 Å². The minimum Gasteiger partial charge on any atom is -0.493 e. The molecule has 0 bridgehead atoms. The molecule has 1 aromatic carbocycles. The van der Waals surface area contributed by atoms with Crippen molar-refractivity contribution in [3.05, 3.63) is 60.2 Å². The van der Waals surface area contributed by atoms with Crippen molar-refractivity contribution >= 4 is 17.0 Å². The molecular formula is C26H35FN2O4S. The molecule has 2 rings (SSSR count). The molecule has 2 atom stereocenters. The molecule has 0 aliphatic rings. The Bertz CT molecular complexity index is 1020. The third-order valence-corrected chi connectivity index (χ3v) is 6.62. The van der Waals surface area contributed by atoms with Crippen LogP contribution in [0.5, 0.6) is 5.75 Å². The number of nitrogens with zero attached hydrogens (tertiary/aromatic N) is 1. The molecule has 0 spiro atoms. The van der Waals surface area contributed by atoms with Gasteiger partial charge in [0, 0.05) is 29.6 Å². The molecular weight excluding hydrogens is 455 g/mol. The number of hydrogen-bond donors (Lipinski definition) is 1. The summed E-state index contributed by atoms with van der Waals surface area (Å²) >= 11 is 0. The zero-order valence-corrected chi connectivity index (χ0v) is 21.5. The number of allylic oxidation sites excluding steroid dienone is 1. The molecule has 8 heteroatoms. The van der Waals surface area contributed by atoms with Crippen molar-refractivity contribution in [2.75, 3.05) is 13.2 Å². The van der Waals surface area contributed by atoms with E-state index >= 15 is 0 Å². The smallest absolute Gasteiger partial charge is 0.307 e. The monoisotopic (exact) mass is 490 g/mol. The first-order chi connectivity index (χ1) is 16.1. The van der Waals surface area contributed by atoms with E-state index in [2.05, 4.69) is 16.3 Å². The number of rotatable bonds is 12. The van der Waals surface area contributed by atoms with Gasteiger partial charge in [-0.3, -0.25) is 9.78 Å². The maximum atomic E-state index is 14.2. The summed E-state index contributed by atoms with van der Waals surface area (Å²) in [4.78, 5) is 16.6. The average molecular weight is 491 g/mol. The highest BCUT2D eigenvalue weighted by Crippen LogP contribution is 2.35. The summed E-state index contributed by atoms with van der Waals surface area (Å²) in [5.41, 5.74) is 2.81. The van der Waals surface area contributed by atoms with Crippen LogP contribution in [0.2, 0.25) is 0 Å². The lowest BCUT2D eigenvalue weighted by atomic mass is 9.97. The second kappa shape index (κ2) is 12.8. The van der Waals surface area contributed by atoms with E-state index in [9.17, 15) is 13.4 Å². The molecule has 1 N–H and O–H groups in total. The van der Waals surface area contributed by atoms with Gasteiger partial charge in [-0.2, -0.15) is 0 Å². The van der Waals surface area contributed by atoms with Gasteiger partial charge in [0.15, 0.2) is 0 Å². The van der Waals surface area contributed by atoms with Crippen LogP contribution in [0.25, 0.3) is 11.1 Å². The molecule has 6 nitrogen and oxygen atoms in total. The van der Waals surface area contributed by atoms with Crippen LogP contribution in [0.1, 0.15) is 64.1 Å². The lowest BCUT2D eigenvalue weighted by molar-refractivity contribution is -0.143. The van der Waals surface area contributed by atoms with E-state index in [1.807, 2.05) is 39.8 Å². The summed E-state index contributed by atoms with van der Waals surface area (Å²) in [6.07, 6.45) is 6.67.